The number of carbonyl (C=O) groups is 2. The fourth-order valence-corrected chi connectivity index (χ4v) is 4.29. The van der Waals surface area contributed by atoms with E-state index in [-0.39, 0.29) is 18.4 Å². The lowest BCUT2D eigenvalue weighted by Crippen LogP contribution is -2.27. The number of hydrogen-bond donors (Lipinski definition) is 5. The predicted molar refractivity (Wildman–Crippen MR) is 156 cm³/mol. The van der Waals surface area contributed by atoms with Gasteiger partial charge in [-0.1, -0.05) is 0 Å². The second-order valence-electron chi connectivity index (χ2n) is 8.53. The van der Waals surface area contributed by atoms with Gasteiger partial charge in [0.05, 0.1) is 11.0 Å². The molecule has 4 rings (SSSR count). The number of benzene rings is 2. The number of nitrogens with zero attached hydrogens (tertiary/aromatic N) is 5. The van der Waals surface area contributed by atoms with E-state index in [1.807, 2.05) is 24.3 Å². The molecule has 0 aliphatic heterocycles. The van der Waals surface area contributed by atoms with E-state index in [1.165, 1.54) is 0 Å². The van der Waals surface area contributed by atoms with Crippen molar-refractivity contribution < 1.29 is 9.59 Å². The first kappa shape index (κ1) is 27.7. The van der Waals surface area contributed by atoms with E-state index in [1.54, 1.807) is 36.0 Å². The maximum atomic E-state index is 12.9. The van der Waals surface area contributed by atoms with Crippen molar-refractivity contribution in [3.05, 3.63) is 54.2 Å². The van der Waals surface area contributed by atoms with E-state index < -0.39 is 5.91 Å². The molecule has 2 amide bonds. The molecule has 0 bridgehead atoms. The Morgan fingerprint density at radius 3 is 2.44 bits per heavy atom. The summed E-state index contributed by atoms with van der Waals surface area (Å²) in [5.74, 6) is 1.43. The first-order chi connectivity index (χ1) is 18.8. The van der Waals surface area contributed by atoms with Crippen LogP contribution in [0.5, 0.6) is 0 Å². The van der Waals surface area contributed by atoms with Crippen molar-refractivity contribution in [2.24, 2.45) is 23.5 Å². The third-order valence-corrected chi connectivity index (χ3v) is 6.04. The highest BCUT2D eigenvalue weighted by molar-refractivity contribution is 6.18. The molecular weight excluding hydrogens is 543 g/mol. The van der Waals surface area contributed by atoms with Gasteiger partial charge < -0.3 is 36.6 Å². The Balaban J connectivity index is 1.47. The highest BCUT2D eigenvalue weighted by atomic mass is 35.5. The highest BCUT2D eigenvalue weighted by Gasteiger charge is 2.15. The second-order valence-corrected chi connectivity index (χ2v) is 9.29. The summed E-state index contributed by atoms with van der Waals surface area (Å²) in [5, 5.41) is 5.55. The number of hydrogen-bond acceptors (Lipinski definition) is 6. The number of rotatable bonds is 11. The van der Waals surface area contributed by atoms with Crippen molar-refractivity contribution in [1.29, 1.82) is 0 Å². The van der Waals surface area contributed by atoms with Gasteiger partial charge in [-0.05, 0) is 42.5 Å². The Morgan fingerprint density at radius 2 is 1.77 bits per heavy atom. The Morgan fingerprint density at radius 1 is 1.05 bits per heavy atom. The van der Waals surface area contributed by atoms with Crippen LogP contribution >= 0.6 is 23.2 Å². The fraction of sp³-hybridized carbons (Fsp3) is 0.240. The van der Waals surface area contributed by atoms with Gasteiger partial charge in [-0.2, -0.15) is 0 Å². The SMILES string of the molecule is Cn1cc(NC(=O)CN=C(N)N)nc1-c1nc2ccc(C(=O)Nc3ccc(N(CCCl)CCCl)cc3)cc2[nH]1. The number of aromatic amines is 1. The number of nitrogens with two attached hydrogens (primary N) is 2. The molecule has 12 nitrogen and oxygen atoms in total. The van der Waals surface area contributed by atoms with Gasteiger partial charge in [-0.15, -0.1) is 23.2 Å². The van der Waals surface area contributed by atoms with Gasteiger partial charge in [0, 0.05) is 55.0 Å². The molecule has 14 heteroatoms. The number of aromatic nitrogens is 4. The summed E-state index contributed by atoms with van der Waals surface area (Å²) in [6.07, 6.45) is 1.64. The average molecular weight is 571 g/mol. The molecule has 0 atom stereocenters. The van der Waals surface area contributed by atoms with Crippen LogP contribution in [0, 0.1) is 0 Å². The van der Waals surface area contributed by atoms with Gasteiger partial charge in [-0.25, -0.2) is 15.0 Å². The highest BCUT2D eigenvalue weighted by Crippen LogP contribution is 2.23. The summed E-state index contributed by atoms with van der Waals surface area (Å²) in [6.45, 7) is 1.15. The third kappa shape index (κ3) is 6.98. The van der Waals surface area contributed by atoms with E-state index in [9.17, 15) is 9.59 Å². The molecule has 2 aromatic heterocycles. The quantitative estimate of drug-likeness (QED) is 0.105. The van der Waals surface area contributed by atoms with Crippen LogP contribution in [0.15, 0.2) is 53.7 Å². The molecule has 2 heterocycles. The molecule has 0 saturated carbocycles. The summed E-state index contributed by atoms with van der Waals surface area (Å²) in [6, 6.07) is 12.7. The molecule has 2 aromatic carbocycles. The molecule has 7 N–H and O–H groups in total. The average Bonchev–Trinajstić information content (AvgIpc) is 3.50. The summed E-state index contributed by atoms with van der Waals surface area (Å²) in [7, 11) is 1.77. The van der Waals surface area contributed by atoms with Crippen LogP contribution < -0.4 is 27.0 Å². The molecule has 0 aliphatic carbocycles. The topological polar surface area (TPSA) is 172 Å². The van der Waals surface area contributed by atoms with Crippen molar-refractivity contribution in [1.82, 2.24) is 19.5 Å². The van der Waals surface area contributed by atoms with Gasteiger partial charge in [0.25, 0.3) is 5.91 Å². The number of amides is 2. The summed E-state index contributed by atoms with van der Waals surface area (Å²) in [5.41, 5.74) is 13.9. The maximum absolute atomic E-state index is 12.9. The summed E-state index contributed by atoms with van der Waals surface area (Å²) < 4.78 is 1.71. The van der Waals surface area contributed by atoms with Crippen molar-refractivity contribution in [2.75, 3.05) is 46.9 Å². The third-order valence-electron chi connectivity index (χ3n) is 5.70. The van der Waals surface area contributed by atoms with Crippen LogP contribution in [-0.4, -0.2) is 68.7 Å². The molecule has 0 saturated heterocycles. The van der Waals surface area contributed by atoms with Crippen LogP contribution in [0.4, 0.5) is 17.2 Å². The Hall–Kier alpha value is -4.29. The zero-order valence-corrected chi connectivity index (χ0v) is 22.6. The number of guanidine groups is 1. The lowest BCUT2D eigenvalue weighted by atomic mass is 10.2. The van der Waals surface area contributed by atoms with E-state index >= 15 is 0 Å². The lowest BCUT2D eigenvalue weighted by Gasteiger charge is -2.23. The minimum absolute atomic E-state index is 0.173. The smallest absolute Gasteiger partial charge is 0.255 e. The number of anilines is 3. The molecule has 0 radical (unpaired) electrons. The normalized spacial score (nSPS) is 10.8. The zero-order valence-electron chi connectivity index (χ0n) is 21.1. The Kier molecular flexibility index (Phi) is 8.89. The number of fused-ring (bicyclic) bond motifs is 1. The van der Waals surface area contributed by atoms with Gasteiger partial charge in [-0.3, -0.25) is 9.59 Å². The molecule has 0 aliphatic rings. The molecule has 4 aromatic rings. The van der Waals surface area contributed by atoms with E-state index in [0.29, 0.717) is 64.6 Å². The van der Waals surface area contributed by atoms with Gasteiger partial charge in [0.15, 0.2) is 23.4 Å². The number of imidazole rings is 2. The number of aryl methyl sites for hydroxylation is 1. The number of carbonyl (C=O) groups excluding carboxylic acids is 2. The standard InChI is InChI=1S/C25H28Cl2N10O2/c1-36-14-20(34-21(38)13-30-25(28)29)35-23(36)22-32-18-7-2-15(12-19(18)33-22)24(39)31-16-3-5-17(6-4-16)37(10-8-26)11-9-27/h2-7,12,14H,8-11,13H2,1H3,(H,31,39)(H,32,33)(H,34,38)(H4,28,29,30). The first-order valence-electron chi connectivity index (χ1n) is 11.9. The Labute approximate surface area is 234 Å². The van der Waals surface area contributed by atoms with Gasteiger partial charge in [0.2, 0.25) is 5.91 Å². The van der Waals surface area contributed by atoms with Crippen LogP contribution in [0.25, 0.3) is 22.7 Å². The monoisotopic (exact) mass is 570 g/mol. The molecule has 0 fully saturated rings. The van der Waals surface area contributed by atoms with Crippen LogP contribution in [0.1, 0.15) is 10.4 Å². The molecule has 0 unspecified atom stereocenters. The first-order valence-corrected chi connectivity index (χ1v) is 13.0. The summed E-state index contributed by atoms with van der Waals surface area (Å²) in [4.78, 5) is 42.9. The number of halogens is 2. The number of alkyl halides is 2. The molecule has 39 heavy (non-hydrogen) atoms. The second kappa shape index (κ2) is 12.5. The van der Waals surface area contributed by atoms with Crippen molar-refractivity contribution in [2.45, 2.75) is 0 Å². The van der Waals surface area contributed by atoms with Crippen LogP contribution in [0.2, 0.25) is 0 Å². The zero-order chi connectivity index (χ0) is 27.9. The minimum atomic E-state index is -0.411. The number of aliphatic imine (C=N–C) groups is 1. The van der Waals surface area contributed by atoms with Crippen LogP contribution in [-0.2, 0) is 11.8 Å². The van der Waals surface area contributed by atoms with Gasteiger partial charge >= 0.3 is 0 Å². The van der Waals surface area contributed by atoms with E-state index in [0.717, 1.165) is 5.69 Å². The number of H-pyrrole nitrogens is 1. The van der Waals surface area contributed by atoms with Crippen LogP contribution in [0.3, 0.4) is 0 Å². The van der Waals surface area contributed by atoms with Crippen molar-refractivity contribution in [3.8, 4) is 11.6 Å². The van der Waals surface area contributed by atoms with E-state index in [4.69, 9.17) is 34.7 Å². The maximum Gasteiger partial charge on any atom is 0.255 e. The largest absolute Gasteiger partial charge is 0.370 e. The van der Waals surface area contributed by atoms with Gasteiger partial charge in [0.1, 0.15) is 6.54 Å². The lowest BCUT2D eigenvalue weighted by molar-refractivity contribution is -0.114. The molecular formula is C25H28Cl2N10O2. The fourth-order valence-electron chi connectivity index (χ4n) is 3.88. The van der Waals surface area contributed by atoms with E-state index in [2.05, 4.69) is 35.5 Å². The van der Waals surface area contributed by atoms with Crippen molar-refractivity contribution >= 4 is 69.2 Å². The van der Waals surface area contributed by atoms with Crippen molar-refractivity contribution in [3.63, 3.8) is 0 Å². The predicted octanol–water partition coefficient (Wildman–Crippen LogP) is 2.71. The summed E-state index contributed by atoms with van der Waals surface area (Å²) >= 11 is 11.8. The minimum Gasteiger partial charge on any atom is -0.370 e. The Bertz CT molecular complexity index is 1490. The number of nitrogens with one attached hydrogen (secondary N) is 3. The molecule has 0 spiro atoms. The molecule has 204 valence electrons.